The molecule has 0 spiro atoms. The molecule has 0 aliphatic carbocycles. The summed E-state index contributed by atoms with van der Waals surface area (Å²) in [5.74, 6) is -0.375. The van der Waals surface area contributed by atoms with Gasteiger partial charge < -0.3 is 11.1 Å². The van der Waals surface area contributed by atoms with Crippen molar-refractivity contribution in [3.05, 3.63) is 65.2 Å². The highest BCUT2D eigenvalue weighted by molar-refractivity contribution is 5.91. The highest BCUT2D eigenvalue weighted by Gasteiger charge is 2.31. The molecule has 0 saturated heterocycles. The molecule has 0 aliphatic rings. The van der Waals surface area contributed by atoms with E-state index in [1.807, 2.05) is 37.3 Å². The molecule has 3 N–H and O–H groups in total. The summed E-state index contributed by atoms with van der Waals surface area (Å²) in [6.07, 6.45) is -4.31. The minimum Gasteiger partial charge on any atom is -0.326 e. The second kappa shape index (κ2) is 8.87. The summed E-state index contributed by atoms with van der Waals surface area (Å²) in [7, 11) is 0. The summed E-state index contributed by atoms with van der Waals surface area (Å²) in [6.45, 7) is 1.86. The third kappa shape index (κ3) is 6.07. The van der Waals surface area contributed by atoms with Crippen LogP contribution in [0.25, 0.3) is 0 Å². The van der Waals surface area contributed by atoms with Gasteiger partial charge in [0.15, 0.2) is 0 Å². The standard InChI is InChI=1S/C18H19F3N2O.ClH/c1-12(14-5-3-2-4-6-14)7-17(24)23-16-9-13(11-22)8-15(10-16)18(19,20)21;/h2-6,8-10,12H,7,11,22H2,1H3,(H,23,24);1H. The van der Waals surface area contributed by atoms with E-state index in [4.69, 9.17) is 5.73 Å². The Labute approximate surface area is 150 Å². The third-order valence-electron chi connectivity index (χ3n) is 3.70. The molecule has 0 radical (unpaired) electrons. The number of benzene rings is 2. The van der Waals surface area contributed by atoms with E-state index in [9.17, 15) is 18.0 Å². The fourth-order valence-corrected chi connectivity index (χ4v) is 2.44. The SMILES string of the molecule is CC(CC(=O)Nc1cc(CN)cc(C(F)(F)F)c1)c1ccccc1.Cl. The van der Waals surface area contributed by atoms with Crippen molar-refractivity contribution in [2.45, 2.75) is 32.0 Å². The number of hydrogen-bond donors (Lipinski definition) is 2. The number of alkyl halides is 3. The highest BCUT2D eigenvalue weighted by atomic mass is 35.5. The van der Waals surface area contributed by atoms with E-state index in [2.05, 4.69) is 5.32 Å². The van der Waals surface area contributed by atoms with E-state index >= 15 is 0 Å². The predicted octanol–water partition coefficient (Wildman–Crippen LogP) is 4.72. The van der Waals surface area contributed by atoms with Crippen LogP contribution in [0.2, 0.25) is 0 Å². The molecule has 2 aromatic rings. The number of nitrogens with one attached hydrogen (secondary N) is 1. The Morgan fingerprint density at radius 3 is 2.36 bits per heavy atom. The van der Waals surface area contributed by atoms with Crippen LogP contribution in [0.4, 0.5) is 18.9 Å². The molecule has 2 rings (SSSR count). The molecule has 0 saturated carbocycles. The van der Waals surface area contributed by atoms with Gasteiger partial charge in [0.1, 0.15) is 0 Å². The first-order valence-electron chi connectivity index (χ1n) is 7.55. The van der Waals surface area contributed by atoms with Gasteiger partial charge in [-0.05, 0) is 35.2 Å². The van der Waals surface area contributed by atoms with Crippen molar-refractivity contribution in [3.63, 3.8) is 0 Å². The van der Waals surface area contributed by atoms with Crippen molar-refractivity contribution in [1.82, 2.24) is 0 Å². The second-order valence-corrected chi connectivity index (χ2v) is 5.68. The molecule has 136 valence electrons. The maximum absolute atomic E-state index is 12.9. The number of nitrogens with two attached hydrogens (primary N) is 1. The van der Waals surface area contributed by atoms with Gasteiger partial charge in [-0.1, -0.05) is 37.3 Å². The zero-order chi connectivity index (χ0) is 17.7. The van der Waals surface area contributed by atoms with Gasteiger partial charge in [-0.15, -0.1) is 12.4 Å². The zero-order valence-corrected chi connectivity index (χ0v) is 14.5. The maximum atomic E-state index is 12.9. The summed E-state index contributed by atoms with van der Waals surface area (Å²) < 4.78 is 38.7. The van der Waals surface area contributed by atoms with Crippen molar-refractivity contribution in [2.24, 2.45) is 5.73 Å². The number of carbonyl (C=O) groups excluding carboxylic acids is 1. The molecule has 0 aromatic heterocycles. The van der Waals surface area contributed by atoms with E-state index in [-0.39, 0.29) is 42.9 Å². The monoisotopic (exact) mass is 372 g/mol. The number of rotatable bonds is 5. The molecule has 0 heterocycles. The van der Waals surface area contributed by atoms with Gasteiger partial charge in [-0.25, -0.2) is 0 Å². The average molecular weight is 373 g/mol. The molecule has 0 aliphatic heterocycles. The Kier molecular flexibility index (Phi) is 7.45. The van der Waals surface area contributed by atoms with Crippen LogP contribution in [0.1, 0.15) is 36.0 Å². The highest BCUT2D eigenvalue weighted by Crippen LogP contribution is 2.32. The molecule has 3 nitrogen and oxygen atoms in total. The summed E-state index contributed by atoms with van der Waals surface area (Å²) in [6, 6.07) is 12.8. The zero-order valence-electron chi connectivity index (χ0n) is 13.6. The summed E-state index contributed by atoms with van der Waals surface area (Å²) in [4.78, 5) is 12.1. The molecule has 0 fully saturated rings. The van der Waals surface area contributed by atoms with Gasteiger partial charge in [0, 0.05) is 18.7 Å². The van der Waals surface area contributed by atoms with Crippen molar-refractivity contribution in [3.8, 4) is 0 Å². The molecule has 1 amide bonds. The van der Waals surface area contributed by atoms with Crippen LogP contribution in [0.3, 0.4) is 0 Å². The van der Waals surface area contributed by atoms with Crippen molar-refractivity contribution in [1.29, 1.82) is 0 Å². The van der Waals surface area contributed by atoms with Crippen LogP contribution in [-0.4, -0.2) is 5.91 Å². The Morgan fingerprint density at radius 2 is 1.80 bits per heavy atom. The normalized spacial score (nSPS) is 12.2. The number of carbonyl (C=O) groups is 1. The fraction of sp³-hybridized carbons (Fsp3) is 0.278. The van der Waals surface area contributed by atoms with E-state index in [1.165, 1.54) is 6.07 Å². The van der Waals surface area contributed by atoms with E-state index in [0.717, 1.165) is 17.7 Å². The van der Waals surface area contributed by atoms with Gasteiger partial charge in [-0.3, -0.25) is 4.79 Å². The Morgan fingerprint density at radius 1 is 1.16 bits per heavy atom. The lowest BCUT2D eigenvalue weighted by Crippen LogP contribution is -2.16. The fourth-order valence-electron chi connectivity index (χ4n) is 2.44. The Bertz CT molecular complexity index is 705. The van der Waals surface area contributed by atoms with E-state index < -0.39 is 11.7 Å². The van der Waals surface area contributed by atoms with Crippen molar-refractivity contribution in [2.75, 3.05) is 5.32 Å². The molecular formula is C18H20ClF3N2O. The quantitative estimate of drug-likeness (QED) is 0.798. The lowest BCUT2D eigenvalue weighted by molar-refractivity contribution is -0.137. The molecule has 0 bridgehead atoms. The van der Waals surface area contributed by atoms with Crippen LogP contribution in [0.15, 0.2) is 48.5 Å². The van der Waals surface area contributed by atoms with Gasteiger partial charge >= 0.3 is 6.18 Å². The number of hydrogen-bond acceptors (Lipinski definition) is 2. The maximum Gasteiger partial charge on any atom is 0.416 e. The molecule has 25 heavy (non-hydrogen) atoms. The first kappa shape index (κ1) is 21.0. The van der Waals surface area contributed by atoms with Gasteiger partial charge in [-0.2, -0.15) is 13.2 Å². The molecule has 1 unspecified atom stereocenters. The lowest BCUT2D eigenvalue weighted by atomic mass is 9.97. The smallest absolute Gasteiger partial charge is 0.326 e. The summed E-state index contributed by atoms with van der Waals surface area (Å²) in [5, 5.41) is 2.54. The molecular weight excluding hydrogens is 353 g/mol. The number of halogens is 4. The third-order valence-corrected chi connectivity index (χ3v) is 3.70. The lowest BCUT2D eigenvalue weighted by Gasteiger charge is -2.14. The van der Waals surface area contributed by atoms with Crippen molar-refractivity contribution >= 4 is 24.0 Å². The Hall–Kier alpha value is -2.05. The summed E-state index contributed by atoms with van der Waals surface area (Å²) in [5.41, 5.74) is 6.04. The second-order valence-electron chi connectivity index (χ2n) is 5.68. The van der Waals surface area contributed by atoms with Crippen LogP contribution >= 0.6 is 12.4 Å². The summed E-state index contributed by atoms with van der Waals surface area (Å²) >= 11 is 0. The minimum atomic E-state index is -4.48. The number of amides is 1. The van der Waals surface area contributed by atoms with Crippen LogP contribution in [0.5, 0.6) is 0 Å². The van der Waals surface area contributed by atoms with Crippen LogP contribution < -0.4 is 11.1 Å². The van der Waals surface area contributed by atoms with Crippen LogP contribution in [-0.2, 0) is 17.5 Å². The molecule has 7 heteroatoms. The molecule has 1 atom stereocenters. The first-order chi connectivity index (χ1) is 11.3. The first-order valence-corrected chi connectivity index (χ1v) is 7.55. The minimum absolute atomic E-state index is 0. The topological polar surface area (TPSA) is 55.1 Å². The van der Waals surface area contributed by atoms with Gasteiger partial charge in [0.25, 0.3) is 0 Å². The average Bonchev–Trinajstić information content (AvgIpc) is 2.54. The largest absolute Gasteiger partial charge is 0.416 e. The van der Waals surface area contributed by atoms with Crippen LogP contribution in [0, 0.1) is 0 Å². The Balaban J connectivity index is 0.00000312. The molecule has 2 aromatic carbocycles. The van der Waals surface area contributed by atoms with Gasteiger partial charge in [0.2, 0.25) is 5.91 Å². The van der Waals surface area contributed by atoms with Gasteiger partial charge in [0.05, 0.1) is 5.56 Å². The van der Waals surface area contributed by atoms with E-state index in [1.54, 1.807) is 0 Å². The predicted molar refractivity (Wildman–Crippen MR) is 94.7 cm³/mol. The van der Waals surface area contributed by atoms with E-state index in [0.29, 0.717) is 5.56 Å². The number of anilines is 1. The van der Waals surface area contributed by atoms with Crippen molar-refractivity contribution < 1.29 is 18.0 Å².